The number of halogens is 1. The number of methoxy groups -OCH3 is 2. The van der Waals surface area contributed by atoms with Gasteiger partial charge in [0.25, 0.3) is 0 Å². The minimum Gasteiger partial charge on any atom is -0.465 e. The van der Waals surface area contributed by atoms with Gasteiger partial charge in [0.1, 0.15) is 4.88 Å². The molecule has 1 aromatic heterocycles. The van der Waals surface area contributed by atoms with Crippen LogP contribution in [0.4, 0.5) is 10.1 Å². The number of amides is 1. The molecule has 188 valence electrons. The molecule has 0 aromatic carbocycles. The molecule has 2 saturated carbocycles. The Morgan fingerprint density at radius 1 is 1.03 bits per heavy atom. The van der Waals surface area contributed by atoms with Crippen LogP contribution < -0.4 is 4.90 Å². The van der Waals surface area contributed by atoms with E-state index in [0.29, 0.717) is 30.1 Å². The number of hydrogen-bond donors (Lipinski definition) is 0. The van der Waals surface area contributed by atoms with E-state index in [0.717, 1.165) is 62.6 Å². The van der Waals surface area contributed by atoms with Crippen molar-refractivity contribution in [2.45, 2.75) is 95.6 Å². The molecule has 7 heteroatoms. The summed E-state index contributed by atoms with van der Waals surface area (Å²) in [4.78, 5) is 29.5. The highest BCUT2D eigenvalue weighted by atomic mass is 32.1. The second kappa shape index (κ2) is 11.3. The molecule has 5 nitrogen and oxygen atoms in total. The van der Waals surface area contributed by atoms with E-state index in [2.05, 4.69) is 6.92 Å². The highest BCUT2D eigenvalue weighted by Gasteiger charge is 2.39. The average Bonchev–Trinajstić information content (AvgIpc) is 3.29. The first-order valence-corrected chi connectivity index (χ1v) is 13.7. The predicted molar refractivity (Wildman–Crippen MR) is 133 cm³/mol. The number of anilines is 1. The summed E-state index contributed by atoms with van der Waals surface area (Å²) in [6.45, 7) is 2.26. The van der Waals surface area contributed by atoms with Gasteiger partial charge in [-0.3, -0.25) is 4.79 Å². The van der Waals surface area contributed by atoms with Crippen molar-refractivity contribution in [3.63, 3.8) is 0 Å². The lowest BCUT2D eigenvalue weighted by atomic mass is 9.81. The fraction of sp³-hybridized carbons (Fsp3) is 0.704. The van der Waals surface area contributed by atoms with Crippen LogP contribution in [0.3, 0.4) is 0 Å². The minimum absolute atomic E-state index is 0.0155. The molecule has 2 fully saturated rings. The Labute approximate surface area is 206 Å². The third kappa shape index (κ3) is 5.40. The first-order chi connectivity index (χ1) is 16.4. The Kier molecular flexibility index (Phi) is 8.46. The lowest BCUT2D eigenvalue weighted by molar-refractivity contribution is -0.124. The van der Waals surface area contributed by atoms with Gasteiger partial charge in [-0.2, -0.15) is 0 Å². The van der Waals surface area contributed by atoms with Gasteiger partial charge in [0.05, 0.1) is 24.7 Å². The van der Waals surface area contributed by atoms with Gasteiger partial charge in [-0.25, -0.2) is 9.18 Å². The number of nitrogens with zero attached hydrogens (tertiary/aromatic N) is 1. The molecule has 0 saturated heterocycles. The zero-order valence-electron chi connectivity index (χ0n) is 20.7. The summed E-state index contributed by atoms with van der Waals surface area (Å²) < 4.78 is 24.5. The fourth-order valence-corrected chi connectivity index (χ4v) is 7.00. The first-order valence-electron chi connectivity index (χ1n) is 12.8. The van der Waals surface area contributed by atoms with E-state index >= 15 is 0 Å². The molecule has 1 aromatic rings. The average molecular weight is 492 g/mol. The SMILES string of the molecule is COC(=O)c1scc(C2CC=C(F)CC2)c1N(C(=O)C1CCC(C)CC1)C1CCC(OC)CC1. The zero-order chi connectivity index (χ0) is 24.2. The van der Waals surface area contributed by atoms with E-state index in [1.165, 1.54) is 18.4 Å². The Balaban J connectivity index is 1.74. The maximum absolute atomic E-state index is 14.2. The molecular formula is C27H38FNO4S. The normalized spacial score (nSPS) is 29.9. The summed E-state index contributed by atoms with van der Waals surface area (Å²) in [5.41, 5.74) is 1.74. The van der Waals surface area contributed by atoms with Gasteiger partial charge in [0, 0.05) is 19.1 Å². The van der Waals surface area contributed by atoms with Crippen LogP contribution in [0, 0.1) is 11.8 Å². The molecule has 0 radical (unpaired) electrons. The molecule has 34 heavy (non-hydrogen) atoms. The second-order valence-corrected chi connectivity index (χ2v) is 11.2. The van der Waals surface area contributed by atoms with E-state index in [9.17, 15) is 14.0 Å². The van der Waals surface area contributed by atoms with E-state index in [4.69, 9.17) is 9.47 Å². The quantitative estimate of drug-likeness (QED) is 0.412. The molecule has 3 aliphatic rings. The van der Waals surface area contributed by atoms with Crippen molar-refractivity contribution in [3.05, 3.63) is 27.7 Å². The summed E-state index contributed by atoms with van der Waals surface area (Å²) >= 11 is 1.36. The van der Waals surface area contributed by atoms with Crippen molar-refractivity contribution in [2.24, 2.45) is 11.8 Å². The van der Waals surface area contributed by atoms with Crippen molar-refractivity contribution in [1.82, 2.24) is 0 Å². The number of ether oxygens (including phenoxy) is 2. The van der Waals surface area contributed by atoms with Crippen LogP contribution in [0.2, 0.25) is 0 Å². The third-order valence-corrected chi connectivity index (χ3v) is 9.11. The van der Waals surface area contributed by atoms with E-state index < -0.39 is 5.97 Å². The molecule has 3 aliphatic carbocycles. The summed E-state index contributed by atoms with van der Waals surface area (Å²) in [6, 6.07) is 0.0332. The highest BCUT2D eigenvalue weighted by Crippen LogP contribution is 2.46. The number of esters is 1. The van der Waals surface area contributed by atoms with Crippen LogP contribution in [0.15, 0.2) is 17.3 Å². The van der Waals surface area contributed by atoms with Crippen molar-refractivity contribution >= 4 is 28.9 Å². The molecule has 0 N–H and O–H groups in total. The number of thiophene rings is 1. The van der Waals surface area contributed by atoms with Gasteiger partial charge in [-0.15, -0.1) is 11.3 Å². The van der Waals surface area contributed by atoms with Crippen molar-refractivity contribution in [2.75, 3.05) is 19.1 Å². The molecule has 1 amide bonds. The maximum Gasteiger partial charge on any atom is 0.350 e. The van der Waals surface area contributed by atoms with Crippen molar-refractivity contribution in [1.29, 1.82) is 0 Å². The lowest BCUT2D eigenvalue weighted by Gasteiger charge is -2.40. The second-order valence-electron chi connectivity index (χ2n) is 10.3. The molecule has 0 aliphatic heterocycles. The molecular weight excluding hydrogens is 453 g/mol. The topological polar surface area (TPSA) is 55.8 Å². The molecule has 4 rings (SSSR count). The molecule has 1 heterocycles. The summed E-state index contributed by atoms with van der Waals surface area (Å²) in [6.07, 6.45) is 11.0. The Morgan fingerprint density at radius 3 is 2.32 bits per heavy atom. The van der Waals surface area contributed by atoms with Crippen LogP contribution in [-0.4, -0.2) is 38.2 Å². The van der Waals surface area contributed by atoms with Crippen LogP contribution in [0.25, 0.3) is 0 Å². The Morgan fingerprint density at radius 2 is 1.74 bits per heavy atom. The smallest absolute Gasteiger partial charge is 0.350 e. The van der Waals surface area contributed by atoms with E-state index in [-0.39, 0.29) is 35.7 Å². The Hall–Kier alpha value is -1.73. The van der Waals surface area contributed by atoms with Gasteiger partial charge < -0.3 is 14.4 Å². The third-order valence-electron chi connectivity index (χ3n) is 8.14. The van der Waals surface area contributed by atoms with Crippen LogP contribution in [-0.2, 0) is 14.3 Å². The van der Waals surface area contributed by atoms with Gasteiger partial charge in [0.2, 0.25) is 5.91 Å². The van der Waals surface area contributed by atoms with Crippen LogP contribution in [0.1, 0.15) is 98.7 Å². The highest BCUT2D eigenvalue weighted by molar-refractivity contribution is 7.12. The van der Waals surface area contributed by atoms with Gasteiger partial charge in [-0.05, 0) is 93.4 Å². The van der Waals surface area contributed by atoms with Crippen LogP contribution in [0.5, 0.6) is 0 Å². The standard InChI is InChI=1S/C27H38FNO4S/c1-17-4-6-19(7-5-17)26(30)29(21-12-14-22(32-2)15-13-21)24-23(16-34-25(24)27(31)33-3)18-8-10-20(28)11-9-18/h10,16-19,21-22H,4-9,11-15H2,1-3H3. The number of rotatable bonds is 6. The minimum atomic E-state index is -0.399. The molecule has 0 spiro atoms. The summed E-state index contributed by atoms with van der Waals surface area (Å²) in [7, 11) is 3.14. The molecule has 0 bridgehead atoms. The number of carbonyl (C=O) groups is 2. The maximum atomic E-state index is 14.2. The van der Waals surface area contributed by atoms with Crippen molar-refractivity contribution < 1.29 is 23.5 Å². The van der Waals surface area contributed by atoms with Gasteiger partial charge in [0.15, 0.2) is 0 Å². The summed E-state index contributed by atoms with van der Waals surface area (Å²) in [5, 5.41) is 2.01. The molecule has 1 atom stereocenters. The molecule has 1 unspecified atom stereocenters. The van der Waals surface area contributed by atoms with E-state index in [1.807, 2.05) is 10.3 Å². The Bertz CT molecular complexity index is 896. The van der Waals surface area contributed by atoms with E-state index in [1.54, 1.807) is 13.2 Å². The first kappa shape index (κ1) is 25.4. The van der Waals surface area contributed by atoms with Gasteiger partial charge in [-0.1, -0.05) is 13.0 Å². The van der Waals surface area contributed by atoms with Crippen molar-refractivity contribution in [3.8, 4) is 0 Å². The lowest BCUT2D eigenvalue weighted by Crippen LogP contribution is -2.47. The largest absolute Gasteiger partial charge is 0.465 e. The zero-order valence-corrected chi connectivity index (χ0v) is 21.5. The summed E-state index contributed by atoms with van der Waals surface area (Å²) in [5.74, 6) is 0.420. The van der Waals surface area contributed by atoms with Crippen LogP contribution >= 0.6 is 11.3 Å². The monoisotopic (exact) mass is 491 g/mol. The van der Waals surface area contributed by atoms with Gasteiger partial charge >= 0.3 is 5.97 Å². The number of carbonyl (C=O) groups excluding carboxylic acids is 2. The number of hydrogen-bond acceptors (Lipinski definition) is 5. The fourth-order valence-electron chi connectivity index (χ4n) is 5.94. The predicted octanol–water partition coefficient (Wildman–Crippen LogP) is 6.77. The number of allylic oxidation sites excluding steroid dienone is 2.